The SMILES string of the molecule is CNC(=S)NCc1ccc(Oc2ccccc2)cc1. The molecule has 2 aromatic carbocycles. The third-order valence-electron chi connectivity index (χ3n) is 2.58. The number of para-hydroxylation sites is 1. The first-order chi connectivity index (χ1) is 9.28. The highest BCUT2D eigenvalue weighted by molar-refractivity contribution is 7.80. The molecule has 0 amide bonds. The van der Waals surface area contributed by atoms with E-state index in [0.717, 1.165) is 17.1 Å². The minimum Gasteiger partial charge on any atom is -0.457 e. The van der Waals surface area contributed by atoms with Crippen LogP contribution >= 0.6 is 12.2 Å². The van der Waals surface area contributed by atoms with Crippen molar-refractivity contribution in [2.24, 2.45) is 0 Å². The van der Waals surface area contributed by atoms with Gasteiger partial charge in [-0.15, -0.1) is 0 Å². The molecular formula is C15H16N2OS. The highest BCUT2D eigenvalue weighted by Crippen LogP contribution is 2.20. The zero-order valence-electron chi connectivity index (χ0n) is 10.7. The van der Waals surface area contributed by atoms with Gasteiger partial charge in [0.15, 0.2) is 5.11 Å². The minimum absolute atomic E-state index is 0.643. The number of nitrogens with one attached hydrogen (secondary N) is 2. The Balaban J connectivity index is 1.93. The van der Waals surface area contributed by atoms with Crippen molar-refractivity contribution in [1.82, 2.24) is 10.6 Å². The monoisotopic (exact) mass is 272 g/mol. The van der Waals surface area contributed by atoms with Crippen molar-refractivity contribution in [3.8, 4) is 11.5 Å². The standard InChI is InChI=1S/C15H16N2OS/c1-16-15(19)17-11-12-7-9-14(10-8-12)18-13-5-3-2-4-6-13/h2-10H,11H2,1H3,(H2,16,17,19). The van der Waals surface area contributed by atoms with Crippen LogP contribution in [0.25, 0.3) is 0 Å². The van der Waals surface area contributed by atoms with E-state index >= 15 is 0 Å². The van der Waals surface area contributed by atoms with Crippen LogP contribution < -0.4 is 15.4 Å². The van der Waals surface area contributed by atoms with Crippen molar-refractivity contribution in [2.75, 3.05) is 7.05 Å². The van der Waals surface area contributed by atoms with Crippen LogP contribution in [0.4, 0.5) is 0 Å². The van der Waals surface area contributed by atoms with Crippen LogP contribution in [0.2, 0.25) is 0 Å². The van der Waals surface area contributed by atoms with Crippen LogP contribution in [0.3, 0.4) is 0 Å². The number of thiocarbonyl (C=S) groups is 1. The zero-order valence-corrected chi connectivity index (χ0v) is 11.5. The molecule has 0 radical (unpaired) electrons. The van der Waals surface area contributed by atoms with Gasteiger partial charge < -0.3 is 15.4 Å². The van der Waals surface area contributed by atoms with Gasteiger partial charge in [0.1, 0.15) is 11.5 Å². The summed E-state index contributed by atoms with van der Waals surface area (Å²) in [6, 6.07) is 17.7. The smallest absolute Gasteiger partial charge is 0.166 e. The van der Waals surface area contributed by atoms with Crippen LogP contribution in [0.15, 0.2) is 54.6 Å². The molecule has 0 saturated carbocycles. The Hall–Kier alpha value is -2.07. The quantitative estimate of drug-likeness (QED) is 0.838. The van der Waals surface area contributed by atoms with Gasteiger partial charge in [0.2, 0.25) is 0 Å². The van der Waals surface area contributed by atoms with E-state index in [-0.39, 0.29) is 0 Å². The summed E-state index contributed by atoms with van der Waals surface area (Å²) in [5, 5.41) is 6.62. The van der Waals surface area contributed by atoms with Crippen LogP contribution in [0.1, 0.15) is 5.56 Å². The number of hydrogen-bond donors (Lipinski definition) is 2. The van der Waals surface area contributed by atoms with E-state index in [1.807, 2.05) is 54.6 Å². The highest BCUT2D eigenvalue weighted by atomic mass is 32.1. The molecule has 0 unspecified atom stereocenters. The molecule has 2 rings (SSSR count). The van der Waals surface area contributed by atoms with Gasteiger partial charge in [-0.1, -0.05) is 30.3 Å². The van der Waals surface area contributed by atoms with Crippen molar-refractivity contribution < 1.29 is 4.74 Å². The van der Waals surface area contributed by atoms with Gasteiger partial charge in [-0.05, 0) is 42.0 Å². The average molecular weight is 272 g/mol. The lowest BCUT2D eigenvalue weighted by Gasteiger charge is -2.08. The predicted octanol–water partition coefficient (Wildman–Crippen LogP) is 3.07. The van der Waals surface area contributed by atoms with E-state index in [0.29, 0.717) is 11.7 Å². The molecule has 0 atom stereocenters. The van der Waals surface area contributed by atoms with E-state index in [1.165, 1.54) is 0 Å². The summed E-state index contributed by atoms with van der Waals surface area (Å²) in [4.78, 5) is 0. The molecule has 0 bridgehead atoms. The molecule has 0 aliphatic heterocycles. The summed E-state index contributed by atoms with van der Waals surface area (Å²) >= 11 is 5.02. The molecule has 3 nitrogen and oxygen atoms in total. The first-order valence-electron chi connectivity index (χ1n) is 6.05. The lowest BCUT2D eigenvalue weighted by Crippen LogP contribution is -2.31. The van der Waals surface area contributed by atoms with Crippen molar-refractivity contribution >= 4 is 17.3 Å². The lowest BCUT2D eigenvalue weighted by molar-refractivity contribution is 0.482. The molecular weight excluding hydrogens is 256 g/mol. The molecule has 4 heteroatoms. The van der Waals surface area contributed by atoms with Crippen LogP contribution in [0, 0.1) is 0 Å². The highest BCUT2D eigenvalue weighted by Gasteiger charge is 1.98. The summed E-state index contributed by atoms with van der Waals surface area (Å²) in [6.45, 7) is 0.700. The van der Waals surface area contributed by atoms with E-state index < -0.39 is 0 Å². The normalized spacial score (nSPS) is 9.74. The predicted molar refractivity (Wildman–Crippen MR) is 81.5 cm³/mol. The Morgan fingerprint density at radius 2 is 1.63 bits per heavy atom. The molecule has 98 valence electrons. The summed E-state index contributed by atoms with van der Waals surface area (Å²) in [5.74, 6) is 1.66. The molecule has 0 saturated heterocycles. The molecule has 2 N–H and O–H groups in total. The van der Waals surface area contributed by atoms with Gasteiger partial charge in [0.05, 0.1) is 0 Å². The molecule has 0 fully saturated rings. The van der Waals surface area contributed by atoms with E-state index in [9.17, 15) is 0 Å². The van der Waals surface area contributed by atoms with Gasteiger partial charge in [-0.25, -0.2) is 0 Å². The number of hydrogen-bond acceptors (Lipinski definition) is 2. The molecule has 0 spiro atoms. The second kappa shape index (κ2) is 6.75. The Morgan fingerprint density at radius 3 is 2.26 bits per heavy atom. The van der Waals surface area contributed by atoms with Gasteiger partial charge in [-0.2, -0.15) is 0 Å². The largest absolute Gasteiger partial charge is 0.457 e. The third kappa shape index (κ3) is 4.26. The molecule has 0 aliphatic rings. The molecule has 0 aromatic heterocycles. The summed E-state index contributed by atoms with van der Waals surface area (Å²) in [7, 11) is 1.80. The number of ether oxygens (including phenoxy) is 1. The van der Waals surface area contributed by atoms with Crippen molar-refractivity contribution in [3.63, 3.8) is 0 Å². The summed E-state index contributed by atoms with van der Waals surface area (Å²) in [5.41, 5.74) is 1.15. The fourth-order valence-corrected chi connectivity index (χ4v) is 1.64. The fraction of sp³-hybridized carbons (Fsp3) is 0.133. The summed E-state index contributed by atoms with van der Waals surface area (Å²) in [6.07, 6.45) is 0. The van der Waals surface area contributed by atoms with Gasteiger partial charge in [0, 0.05) is 13.6 Å². The maximum atomic E-state index is 5.72. The Labute approximate surface area is 118 Å². The Bertz CT molecular complexity index is 526. The van der Waals surface area contributed by atoms with Gasteiger partial charge in [-0.3, -0.25) is 0 Å². The first kappa shape index (κ1) is 13.4. The average Bonchev–Trinajstić information content (AvgIpc) is 2.47. The topological polar surface area (TPSA) is 33.3 Å². The molecule has 0 aliphatic carbocycles. The maximum Gasteiger partial charge on any atom is 0.166 e. The van der Waals surface area contributed by atoms with E-state index in [4.69, 9.17) is 17.0 Å². The second-order valence-electron chi connectivity index (χ2n) is 3.99. The molecule has 0 heterocycles. The fourth-order valence-electron chi connectivity index (χ4n) is 1.57. The molecule has 2 aromatic rings. The van der Waals surface area contributed by atoms with Crippen molar-refractivity contribution in [1.29, 1.82) is 0 Å². The number of benzene rings is 2. The first-order valence-corrected chi connectivity index (χ1v) is 6.46. The summed E-state index contributed by atoms with van der Waals surface area (Å²) < 4.78 is 5.72. The van der Waals surface area contributed by atoms with Crippen LogP contribution in [-0.4, -0.2) is 12.2 Å². The number of rotatable bonds is 4. The van der Waals surface area contributed by atoms with E-state index in [1.54, 1.807) is 7.05 Å². The Kier molecular flexibility index (Phi) is 4.75. The van der Waals surface area contributed by atoms with Crippen LogP contribution in [-0.2, 0) is 6.54 Å². The Morgan fingerprint density at radius 1 is 1.00 bits per heavy atom. The van der Waals surface area contributed by atoms with Gasteiger partial charge >= 0.3 is 0 Å². The van der Waals surface area contributed by atoms with E-state index in [2.05, 4.69) is 10.6 Å². The maximum absolute atomic E-state index is 5.72. The zero-order chi connectivity index (χ0) is 13.5. The van der Waals surface area contributed by atoms with Gasteiger partial charge in [0.25, 0.3) is 0 Å². The second-order valence-corrected chi connectivity index (χ2v) is 4.40. The molecule has 19 heavy (non-hydrogen) atoms. The van der Waals surface area contributed by atoms with Crippen molar-refractivity contribution in [3.05, 3.63) is 60.2 Å². The lowest BCUT2D eigenvalue weighted by atomic mass is 10.2. The van der Waals surface area contributed by atoms with Crippen LogP contribution in [0.5, 0.6) is 11.5 Å². The van der Waals surface area contributed by atoms with Crippen molar-refractivity contribution in [2.45, 2.75) is 6.54 Å². The third-order valence-corrected chi connectivity index (χ3v) is 2.93. The minimum atomic E-state index is 0.643.